The van der Waals surface area contributed by atoms with Crippen LogP contribution in [-0.2, 0) is 14.2 Å². The third kappa shape index (κ3) is 8.35. The Labute approximate surface area is 155 Å². The monoisotopic (exact) mass is 356 g/mol. The predicted molar refractivity (Wildman–Crippen MR) is 102 cm³/mol. The fourth-order valence-corrected chi connectivity index (χ4v) is 3.43. The number of nitrogens with zero attached hydrogens (tertiary/aromatic N) is 2. The van der Waals surface area contributed by atoms with Gasteiger partial charge in [-0.2, -0.15) is 0 Å². The molecule has 25 heavy (non-hydrogen) atoms. The van der Waals surface area contributed by atoms with E-state index < -0.39 is 0 Å². The SMILES string of the molecule is CN1CC[C@@H](COC(C)(C)CCN2CCO[C@H](COC(C)(C)C)C2)C1. The molecule has 2 rings (SSSR count). The van der Waals surface area contributed by atoms with Gasteiger partial charge in [0, 0.05) is 26.2 Å². The summed E-state index contributed by atoms with van der Waals surface area (Å²) in [4.78, 5) is 4.89. The van der Waals surface area contributed by atoms with Gasteiger partial charge in [-0.3, -0.25) is 4.90 Å². The fourth-order valence-electron chi connectivity index (χ4n) is 3.43. The molecule has 2 fully saturated rings. The highest BCUT2D eigenvalue weighted by molar-refractivity contribution is 4.78. The molecule has 2 aliphatic heterocycles. The molecule has 5 nitrogen and oxygen atoms in total. The fraction of sp³-hybridized carbons (Fsp3) is 1.00. The van der Waals surface area contributed by atoms with Crippen LogP contribution < -0.4 is 0 Å². The average Bonchev–Trinajstić information content (AvgIpc) is 2.95. The molecule has 2 saturated heterocycles. The smallest absolute Gasteiger partial charge is 0.0935 e. The van der Waals surface area contributed by atoms with Crippen LogP contribution in [0.2, 0.25) is 0 Å². The van der Waals surface area contributed by atoms with Crippen molar-refractivity contribution in [1.82, 2.24) is 9.80 Å². The lowest BCUT2D eigenvalue weighted by atomic mass is 10.0. The summed E-state index contributed by atoms with van der Waals surface area (Å²) in [7, 11) is 2.20. The first-order valence-corrected chi connectivity index (χ1v) is 9.93. The second-order valence-corrected chi connectivity index (χ2v) is 9.45. The first-order chi connectivity index (χ1) is 11.6. The number of ether oxygens (including phenoxy) is 3. The van der Waals surface area contributed by atoms with Gasteiger partial charge < -0.3 is 19.1 Å². The van der Waals surface area contributed by atoms with Crippen molar-refractivity contribution in [2.24, 2.45) is 5.92 Å². The van der Waals surface area contributed by atoms with Gasteiger partial charge in [-0.05, 0) is 67.0 Å². The van der Waals surface area contributed by atoms with Gasteiger partial charge in [-0.15, -0.1) is 0 Å². The van der Waals surface area contributed by atoms with E-state index in [-0.39, 0.29) is 17.3 Å². The molecule has 0 bridgehead atoms. The van der Waals surface area contributed by atoms with Crippen molar-refractivity contribution < 1.29 is 14.2 Å². The molecule has 2 atom stereocenters. The molecule has 0 amide bonds. The van der Waals surface area contributed by atoms with Gasteiger partial charge in [0.05, 0.1) is 37.1 Å². The molecule has 2 heterocycles. The molecular weight excluding hydrogens is 316 g/mol. The molecule has 0 saturated carbocycles. The molecule has 5 heteroatoms. The van der Waals surface area contributed by atoms with Crippen LogP contribution in [0, 0.1) is 5.92 Å². The molecule has 0 aliphatic carbocycles. The third-order valence-corrected chi connectivity index (χ3v) is 5.15. The van der Waals surface area contributed by atoms with Crippen LogP contribution in [0.5, 0.6) is 0 Å². The van der Waals surface area contributed by atoms with E-state index in [1.54, 1.807) is 0 Å². The number of morpholine rings is 1. The minimum absolute atomic E-state index is 0.0587. The van der Waals surface area contributed by atoms with Crippen molar-refractivity contribution in [2.75, 3.05) is 59.6 Å². The molecule has 148 valence electrons. The minimum atomic E-state index is -0.101. The zero-order chi connectivity index (χ0) is 18.5. The lowest BCUT2D eigenvalue weighted by Crippen LogP contribution is -2.47. The van der Waals surface area contributed by atoms with Crippen LogP contribution >= 0.6 is 0 Å². The summed E-state index contributed by atoms with van der Waals surface area (Å²) in [5.74, 6) is 0.701. The van der Waals surface area contributed by atoms with Crippen LogP contribution in [0.4, 0.5) is 0 Å². The summed E-state index contributed by atoms with van der Waals surface area (Å²) in [6.07, 6.45) is 2.51. The predicted octanol–water partition coefficient (Wildman–Crippen LogP) is 2.64. The van der Waals surface area contributed by atoms with Crippen molar-refractivity contribution in [3.63, 3.8) is 0 Å². The van der Waals surface area contributed by atoms with Crippen LogP contribution in [0.1, 0.15) is 47.5 Å². The van der Waals surface area contributed by atoms with E-state index in [0.29, 0.717) is 12.5 Å². The lowest BCUT2D eigenvalue weighted by Gasteiger charge is -2.36. The van der Waals surface area contributed by atoms with Crippen LogP contribution in [-0.4, -0.2) is 86.7 Å². The van der Waals surface area contributed by atoms with Gasteiger partial charge in [0.2, 0.25) is 0 Å². The van der Waals surface area contributed by atoms with Crippen molar-refractivity contribution in [2.45, 2.75) is 64.8 Å². The summed E-state index contributed by atoms with van der Waals surface area (Å²) in [5.41, 5.74) is -0.160. The summed E-state index contributed by atoms with van der Waals surface area (Å²) in [6, 6.07) is 0. The maximum Gasteiger partial charge on any atom is 0.0935 e. The Hall–Kier alpha value is -0.200. The summed E-state index contributed by atoms with van der Waals surface area (Å²) in [6.45, 7) is 18.5. The number of hydrogen-bond donors (Lipinski definition) is 0. The number of hydrogen-bond acceptors (Lipinski definition) is 5. The van der Waals surface area contributed by atoms with Crippen molar-refractivity contribution in [3.8, 4) is 0 Å². The van der Waals surface area contributed by atoms with Crippen LogP contribution in [0.15, 0.2) is 0 Å². The Balaban J connectivity index is 1.66. The highest BCUT2D eigenvalue weighted by Crippen LogP contribution is 2.21. The average molecular weight is 357 g/mol. The number of likely N-dealkylation sites (tertiary alicyclic amines) is 1. The van der Waals surface area contributed by atoms with E-state index in [1.807, 2.05) is 0 Å². The highest BCUT2D eigenvalue weighted by atomic mass is 16.5. The third-order valence-electron chi connectivity index (χ3n) is 5.15. The Morgan fingerprint density at radius 2 is 1.76 bits per heavy atom. The Morgan fingerprint density at radius 1 is 1.00 bits per heavy atom. The molecule has 0 spiro atoms. The second-order valence-electron chi connectivity index (χ2n) is 9.45. The Morgan fingerprint density at radius 3 is 2.40 bits per heavy atom. The van der Waals surface area contributed by atoms with E-state index in [4.69, 9.17) is 14.2 Å². The topological polar surface area (TPSA) is 34.2 Å². The van der Waals surface area contributed by atoms with Gasteiger partial charge in [0.15, 0.2) is 0 Å². The lowest BCUT2D eigenvalue weighted by molar-refractivity contribution is -0.107. The van der Waals surface area contributed by atoms with Crippen molar-refractivity contribution in [3.05, 3.63) is 0 Å². The molecule has 0 radical (unpaired) electrons. The van der Waals surface area contributed by atoms with Gasteiger partial charge in [-0.25, -0.2) is 0 Å². The van der Waals surface area contributed by atoms with E-state index in [1.165, 1.54) is 19.5 Å². The zero-order valence-corrected chi connectivity index (χ0v) is 17.3. The maximum absolute atomic E-state index is 6.26. The molecular formula is C20H40N2O3. The first kappa shape index (κ1) is 21.1. The second kappa shape index (κ2) is 9.14. The van der Waals surface area contributed by atoms with Crippen molar-refractivity contribution >= 4 is 0 Å². The largest absolute Gasteiger partial charge is 0.375 e. The van der Waals surface area contributed by atoms with E-state index in [2.05, 4.69) is 51.5 Å². The van der Waals surface area contributed by atoms with Gasteiger partial charge in [0.1, 0.15) is 0 Å². The van der Waals surface area contributed by atoms with E-state index in [9.17, 15) is 0 Å². The quantitative estimate of drug-likeness (QED) is 0.668. The van der Waals surface area contributed by atoms with Crippen LogP contribution in [0.25, 0.3) is 0 Å². The molecule has 0 N–H and O–H groups in total. The minimum Gasteiger partial charge on any atom is -0.375 e. The Bertz CT molecular complexity index is 395. The zero-order valence-electron chi connectivity index (χ0n) is 17.3. The van der Waals surface area contributed by atoms with Gasteiger partial charge in [-0.1, -0.05) is 0 Å². The summed E-state index contributed by atoms with van der Waals surface area (Å²) in [5, 5.41) is 0. The Kier molecular flexibility index (Phi) is 7.71. The molecule has 0 aromatic heterocycles. The van der Waals surface area contributed by atoms with Crippen LogP contribution in [0.3, 0.4) is 0 Å². The standard InChI is InChI=1S/C20H40N2O3/c1-19(2,3)24-16-18-14-22(11-12-23-18)10-8-20(4,5)25-15-17-7-9-21(6)13-17/h17-18H,7-16H2,1-6H3/t17-,18+/m1/s1. The summed E-state index contributed by atoms with van der Waals surface area (Å²) >= 11 is 0. The molecule has 2 aliphatic rings. The maximum atomic E-state index is 6.26. The van der Waals surface area contributed by atoms with Gasteiger partial charge in [0.25, 0.3) is 0 Å². The first-order valence-electron chi connectivity index (χ1n) is 9.93. The summed E-state index contributed by atoms with van der Waals surface area (Å²) < 4.78 is 18.0. The van der Waals surface area contributed by atoms with Crippen molar-refractivity contribution in [1.29, 1.82) is 0 Å². The van der Waals surface area contributed by atoms with Gasteiger partial charge >= 0.3 is 0 Å². The molecule has 0 aromatic rings. The highest BCUT2D eigenvalue weighted by Gasteiger charge is 2.27. The molecule has 0 unspecified atom stereocenters. The van der Waals surface area contributed by atoms with E-state index >= 15 is 0 Å². The van der Waals surface area contributed by atoms with E-state index in [0.717, 1.165) is 39.3 Å². The number of rotatable bonds is 8. The molecule has 0 aromatic carbocycles. The normalized spacial score (nSPS) is 27.1.